The van der Waals surface area contributed by atoms with Gasteiger partial charge in [0, 0.05) is 131 Å². The molecular formula is C74H95BBrCl2F3N10O10. The number of halogens is 6. The van der Waals surface area contributed by atoms with Crippen molar-refractivity contribution < 1.29 is 60.7 Å². The minimum Gasteiger partial charge on any atom is -0.444 e. The summed E-state index contributed by atoms with van der Waals surface area (Å²) in [5, 5.41) is 17.8. The van der Waals surface area contributed by atoms with E-state index in [1.54, 1.807) is 46.6 Å². The average molecular weight is 1500 g/mol. The van der Waals surface area contributed by atoms with E-state index in [9.17, 15) is 41.9 Å². The highest BCUT2D eigenvalue weighted by molar-refractivity contribution is 9.10. The van der Waals surface area contributed by atoms with Crippen LogP contribution in [0.3, 0.4) is 0 Å². The molecule has 9 heterocycles. The smallest absolute Gasteiger partial charge is 0.444 e. The van der Waals surface area contributed by atoms with Gasteiger partial charge in [-0.25, -0.2) is 14.6 Å². The molecule has 101 heavy (non-hydrogen) atoms. The number of aromatic nitrogens is 6. The van der Waals surface area contributed by atoms with Crippen molar-refractivity contribution in [2.45, 2.75) is 183 Å². The maximum absolute atomic E-state index is 12.4. The number of ketones is 4. The molecule has 3 atom stereocenters. The predicted octanol–water partition coefficient (Wildman–Crippen LogP) is 16.0. The van der Waals surface area contributed by atoms with Crippen LogP contribution in [0, 0.1) is 29.1 Å². The fourth-order valence-electron chi connectivity index (χ4n) is 10.0. The lowest BCUT2D eigenvalue weighted by Crippen LogP contribution is -2.41. The maximum atomic E-state index is 12.4. The molecule has 0 aliphatic carbocycles. The van der Waals surface area contributed by atoms with Crippen molar-refractivity contribution >= 4 is 98.5 Å². The number of rotatable bonds is 16. The van der Waals surface area contributed by atoms with Gasteiger partial charge in [0.15, 0.2) is 11.5 Å². The highest BCUT2D eigenvalue weighted by atomic mass is 79.9. The van der Waals surface area contributed by atoms with E-state index in [-0.39, 0.29) is 59.7 Å². The van der Waals surface area contributed by atoms with Crippen LogP contribution in [0.15, 0.2) is 115 Å². The van der Waals surface area contributed by atoms with Crippen LogP contribution in [-0.2, 0) is 57.2 Å². The zero-order chi connectivity index (χ0) is 75.8. The first-order chi connectivity index (χ1) is 46.9. The molecule has 546 valence electrons. The highest BCUT2D eigenvalue weighted by Gasteiger charge is 2.51. The second-order valence-electron chi connectivity index (χ2n) is 28.3. The van der Waals surface area contributed by atoms with Gasteiger partial charge in [0.1, 0.15) is 39.8 Å². The minimum absolute atomic E-state index is 0.159. The molecule has 0 unspecified atom stereocenters. The number of pyridine rings is 4. The Bertz CT molecular complexity index is 3630. The Morgan fingerprint density at radius 1 is 0.604 bits per heavy atom. The van der Waals surface area contributed by atoms with Gasteiger partial charge in [-0.05, 0) is 214 Å². The number of amides is 2. The molecule has 20 nitrogen and oxygen atoms in total. The molecule has 9 rings (SSSR count). The summed E-state index contributed by atoms with van der Waals surface area (Å²) in [5.41, 5.74) is 6.03. The van der Waals surface area contributed by atoms with Crippen LogP contribution < -0.4 is 4.90 Å². The third-order valence-corrected chi connectivity index (χ3v) is 17.0. The third kappa shape index (κ3) is 31.6. The predicted molar refractivity (Wildman–Crippen MR) is 391 cm³/mol. The largest absolute Gasteiger partial charge is 0.489 e. The van der Waals surface area contributed by atoms with E-state index in [2.05, 4.69) is 70.7 Å². The van der Waals surface area contributed by atoms with E-state index < -0.39 is 23.2 Å². The second-order valence-corrected chi connectivity index (χ2v) is 30.0. The summed E-state index contributed by atoms with van der Waals surface area (Å²) in [6, 6.07) is 20.2. The van der Waals surface area contributed by atoms with Gasteiger partial charge in [0.05, 0.1) is 16.2 Å². The Labute approximate surface area is 611 Å². The first kappa shape index (κ1) is 85.7. The number of carbonyl (C=O) groups is 6. The van der Waals surface area contributed by atoms with E-state index in [4.69, 9.17) is 47.2 Å². The van der Waals surface area contributed by atoms with Crippen molar-refractivity contribution in [1.29, 1.82) is 5.26 Å². The molecular weight excluding hydrogens is 1410 g/mol. The Morgan fingerprint density at radius 2 is 1.02 bits per heavy atom. The van der Waals surface area contributed by atoms with Gasteiger partial charge in [-0.2, -0.15) is 18.4 Å². The van der Waals surface area contributed by atoms with Crippen LogP contribution >= 0.6 is 39.1 Å². The number of hydrogen-bond donors (Lipinski definition) is 0. The van der Waals surface area contributed by atoms with Gasteiger partial charge >= 0.3 is 25.5 Å². The second kappa shape index (κ2) is 39.0. The third-order valence-electron chi connectivity index (χ3n) is 16.1. The summed E-state index contributed by atoms with van der Waals surface area (Å²) in [4.78, 5) is 92.4. The van der Waals surface area contributed by atoms with Crippen LogP contribution in [0.25, 0.3) is 11.1 Å². The van der Waals surface area contributed by atoms with Crippen molar-refractivity contribution in [3.63, 3.8) is 0 Å². The minimum atomic E-state index is -4.64. The van der Waals surface area contributed by atoms with E-state index >= 15 is 0 Å². The fourth-order valence-corrected chi connectivity index (χ4v) is 10.5. The number of likely N-dealkylation sites (tertiary alicyclic amines) is 2. The Kier molecular flexibility index (Phi) is 33.1. The normalized spacial score (nSPS) is 17.2. The molecule has 4 saturated heterocycles. The highest BCUT2D eigenvalue weighted by Crippen LogP contribution is 2.38. The van der Waals surface area contributed by atoms with E-state index in [0.717, 1.165) is 87.5 Å². The first-order valence-corrected chi connectivity index (χ1v) is 34.6. The van der Waals surface area contributed by atoms with Gasteiger partial charge in [-0.15, -0.1) is 16.8 Å². The first-order valence-electron chi connectivity index (χ1n) is 33.1. The summed E-state index contributed by atoms with van der Waals surface area (Å²) < 4.78 is 55.5. The topological polar surface area (TPSA) is 250 Å². The van der Waals surface area contributed by atoms with Crippen LogP contribution in [0.4, 0.5) is 28.6 Å². The van der Waals surface area contributed by atoms with E-state index in [0.29, 0.717) is 93.4 Å². The fraction of sp³-hybridized carbons (Fsp3) is 0.500. The van der Waals surface area contributed by atoms with Crippen molar-refractivity contribution in [2.75, 3.05) is 44.2 Å². The maximum Gasteiger partial charge on any atom is 0.489 e. The Morgan fingerprint density at radius 3 is 1.33 bits per heavy atom. The van der Waals surface area contributed by atoms with Gasteiger partial charge in [0.25, 0.3) is 0 Å². The molecule has 0 spiro atoms. The van der Waals surface area contributed by atoms with Crippen LogP contribution in [0.1, 0.15) is 169 Å². The van der Waals surface area contributed by atoms with Gasteiger partial charge in [0.2, 0.25) is 5.78 Å². The molecule has 0 bridgehead atoms. The van der Waals surface area contributed by atoms with Crippen molar-refractivity contribution in [3.05, 3.63) is 159 Å². The van der Waals surface area contributed by atoms with Crippen LogP contribution in [-0.4, -0.2) is 150 Å². The van der Waals surface area contributed by atoms with Gasteiger partial charge < -0.3 is 33.5 Å². The molecule has 4 fully saturated rings. The SMILES string of the molecule is C=C(C)B1OC(C)(C)C(C)(C)O1.C=C(C)c1ccc(CC(=O)C[C@H]2CCN(C(=O)OC(C)(C)C)C2)nc1.C=C(C)c1ccc(CC(=O)C[C@H]2CCN(c3ccc(C#N)nn3)C2)nc1.CC(=O)C(F)(F)F.CC(C)(C)OC(=O)N1CC[C@H](CC(=O)Cc2ccc(Br)cn2)C1.Clc1ccc(Cl)nc1. The number of alkyl halides is 3. The summed E-state index contributed by atoms with van der Waals surface area (Å²) in [6.45, 7) is 41.3. The molecule has 5 aromatic rings. The summed E-state index contributed by atoms with van der Waals surface area (Å²) in [7, 11) is -0.241. The summed E-state index contributed by atoms with van der Waals surface area (Å²) in [5.74, 6) is 0.263. The molecule has 0 N–H and O–H groups in total. The van der Waals surface area contributed by atoms with Crippen molar-refractivity contribution in [1.82, 2.24) is 39.9 Å². The zero-order valence-corrected chi connectivity index (χ0v) is 63.5. The summed E-state index contributed by atoms with van der Waals surface area (Å²) in [6.07, 6.45) is 6.69. The number of nitrogens with zero attached hydrogens (tertiary/aromatic N) is 10. The standard InChI is InChI=1S/C20H21N5O.C20H28N2O3.C17H23BrN2O3.C9H17BO2.C5H3Cl2N.C3H3F3O/c1-14(2)16-3-4-17(22-12-16)10-19(26)9-15-7-8-25(13-15)20-6-5-18(11-21)23-24-20;1-14(2)16-6-7-17(21-12-16)11-18(23)10-15-8-9-22(13-15)19(24)25-20(3,4)5;1-17(2,3)23-16(22)20-7-6-12(11-20)8-15(21)9-14-5-4-13(18)10-19-14;1-7(2)10-11-8(3,4)9(5,6)12-10;6-4-1-2-5(7)8-3-4;1-2(7)3(4,5)6/h3-6,12,15H,1,7-10,13H2,2H3;6-7,12,15H,1,8-11,13H2,2-5H3;4-5,10,12H,6-9,11H2,1-3H3;1H2,2-6H3;1-3H;1H3/t2*15-;12-;;;/m111.../s1. The molecule has 0 radical (unpaired) electrons. The van der Waals surface area contributed by atoms with Gasteiger partial charge in [-0.1, -0.05) is 54.0 Å². The number of anilines is 1. The number of hydrogen-bond acceptors (Lipinski definition) is 18. The quantitative estimate of drug-likeness (QED) is 0.0657. The molecule has 27 heteroatoms. The van der Waals surface area contributed by atoms with Crippen LogP contribution in [0.5, 0.6) is 0 Å². The molecule has 4 aliphatic heterocycles. The van der Waals surface area contributed by atoms with Gasteiger partial charge in [-0.3, -0.25) is 34.1 Å². The number of carbonyl (C=O) groups excluding carboxylic acids is 6. The van der Waals surface area contributed by atoms with Crippen molar-refractivity contribution in [2.24, 2.45) is 17.8 Å². The summed E-state index contributed by atoms with van der Waals surface area (Å²) >= 11 is 14.3. The lowest BCUT2D eigenvalue weighted by molar-refractivity contribution is -0.168. The number of Topliss-reactive ketones (excluding diaryl/α,β-unsaturated/α-hetero) is 4. The number of allylic oxidation sites excluding steroid dienone is 3. The lowest BCUT2D eigenvalue weighted by Gasteiger charge is -2.32. The van der Waals surface area contributed by atoms with E-state index in [1.165, 1.54) is 6.20 Å². The molecule has 4 aliphatic rings. The molecule has 0 aromatic carbocycles. The zero-order valence-electron chi connectivity index (χ0n) is 60.4. The monoisotopic (exact) mass is 1500 g/mol. The molecule has 2 amide bonds. The average Bonchev–Trinajstić information content (AvgIpc) is 1.66. The number of ether oxygens (including phenoxy) is 2. The van der Waals surface area contributed by atoms with E-state index in [1.807, 2.05) is 139 Å². The Balaban J connectivity index is 0.000000272. The molecule has 5 aromatic heterocycles. The Hall–Kier alpha value is -7.76. The lowest BCUT2D eigenvalue weighted by atomic mass is 9.81. The van der Waals surface area contributed by atoms with Crippen molar-refractivity contribution in [3.8, 4) is 6.07 Å². The number of nitriles is 1. The molecule has 0 saturated carbocycles. The van der Waals surface area contributed by atoms with Crippen LogP contribution in [0.2, 0.25) is 10.2 Å².